The molecule has 0 aliphatic heterocycles. The topological polar surface area (TPSA) is 81.7 Å². The summed E-state index contributed by atoms with van der Waals surface area (Å²) in [4.78, 5) is 35.3. The Hall–Kier alpha value is -2.15. The summed E-state index contributed by atoms with van der Waals surface area (Å²) in [5.74, 6) is -0.628. The largest absolute Gasteiger partial charge is 0.461 e. The predicted molar refractivity (Wildman–Crippen MR) is 103 cm³/mol. The second-order valence-electron chi connectivity index (χ2n) is 7.44. The number of benzene rings is 1. The van der Waals surface area contributed by atoms with Crippen LogP contribution in [0.5, 0.6) is 0 Å². The molecule has 1 N–H and O–H groups in total. The quantitative estimate of drug-likeness (QED) is 0.497. The van der Waals surface area contributed by atoms with Crippen molar-refractivity contribution in [2.24, 2.45) is 0 Å². The lowest BCUT2D eigenvalue weighted by Gasteiger charge is -2.18. The summed E-state index contributed by atoms with van der Waals surface area (Å²) in [6.45, 7) is 8.47. The van der Waals surface area contributed by atoms with Crippen LogP contribution in [0.1, 0.15) is 25.3 Å². The highest BCUT2D eigenvalue weighted by Crippen LogP contribution is 2.08. The molecule has 144 valence electrons. The van der Waals surface area contributed by atoms with E-state index >= 15 is 0 Å². The van der Waals surface area contributed by atoms with Crippen molar-refractivity contribution in [1.29, 1.82) is 0 Å². The Kier molecular flexibility index (Phi) is 9.05. The summed E-state index contributed by atoms with van der Waals surface area (Å²) in [5.41, 5.74) is 0.896. The molecule has 6 nitrogen and oxygen atoms in total. The SMILES string of the molecule is CC(=O)[C@H](CCC(=O)OCc1ccccc1)NC(=O)OCC[Si](C)(C)C. The number of hydrogen-bond donors (Lipinski definition) is 1. The Balaban J connectivity index is 2.34. The number of ketones is 1. The van der Waals surface area contributed by atoms with Gasteiger partial charge in [0, 0.05) is 14.5 Å². The summed E-state index contributed by atoms with van der Waals surface area (Å²) in [6, 6.07) is 9.46. The molecule has 26 heavy (non-hydrogen) atoms. The summed E-state index contributed by atoms with van der Waals surface area (Å²) in [5, 5.41) is 2.53. The highest BCUT2D eigenvalue weighted by molar-refractivity contribution is 6.76. The molecule has 0 saturated carbocycles. The number of rotatable bonds is 10. The molecule has 1 amide bonds. The van der Waals surface area contributed by atoms with Crippen LogP contribution in [0.25, 0.3) is 0 Å². The van der Waals surface area contributed by atoms with Gasteiger partial charge < -0.3 is 14.8 Å². The fourth-order valence-corrected chi connectivity index (χ4v) is 2.80. The van der Waals surface area contributed by atoms with Crippen molar-refractivity contribution in [3.63, 3.8) is 0 Å². The zero-order valence-corrected chi connectivity index (χ0v) is 17.0. The minimum atomic E-state index is -1.29. The van der Waals surface area contributed by atoms with Gasteiger partial charge in [-0.15, -0.1) is 0 Å². The Morgan fingerprint density at radius 1 is 1.08 bits per heavy atom. The van der Waals surface area contributed by atoms with Crippen LogP contribution in [-0.4, -0.2) is 38.6 Å². The second-order valence-corrected chi connectivity index (χ2v) is 13.1. The van der Waals surface area contributed by atoms with Gasteiger partial charge in [0.25, 0.3) is 0 Å². The first-order chi connectivity index (χ1) is 12.2. The molecule has 1 atom stereocenters. The molecule has 0 saturated heterocycles. The first kappa shape index (κ1) is 21.9. The number of nitrogens with one attached hydrogen (secondary N) is 1. The van der Waals surface area contributed by atoms with E-state index in [1.54, 1.807) is 0 Å². The van der Waals surface area contributed by atoms with E-state index < -0.39 is 26.2 Å². The van der Waals surface area contributed by atoms with Crippen LogP contribution in [0.15, 0.2) is 30.3 Å². The van der Waals surface area contributed by atoms with Gasteiger partial charge in [-0.05, 0) is 25.0 Å². The van der Waals surface area contributed by atoms with Gasteiger partial charge in [0.05, 0.1) is 12.6 Å². The first-order valence-electron chi connectivity index (χ1n) is 8.80. The number of esters is 1. The molecule has 1 aromatic carbocycles. The number of carbonyl (C=O) groups excluding carboxylic acids is 3. The summed E-state index contributed by atoms with van der Waals surface area (Å²) in [7, 11) is -1.29. The molecule has 0 aliphatic carbocycles. The summed E-state index contributed by atoms with van der Waals surface area (Å²) >= 11 is 0. The average molecular weight is 380 g/mol. The van der Waals surface area contributed by atoms with Gasteiger partial charge in [-0.3, -0.25) is 9.59 Å². The summed E-state index contributed by atoms with van der Waals surface area (Å²) < 4.78 is 10.3. The molecule has 1 aromatic rings. The van der Waals surface area contributed by atoms with E-state index in [9.17, 15) is 14.4 Å². The van der Waals surface area contributed by atoms with Gasteiger partial charge in [-0.2, -0.15) is 0 Å². The van der Waals surface area contributed by atoms with Crippen molar-refractivity contribution in [1.82, 2.24) is 5.32 Å². The van der Waals surface area contributed by atoms with Crippen molar-refractivity contribution >= 4 is 25.9 Å². The minimum absolute atomic E-state index is 0.0479. The van der Waals surface area contributed by atoms with Crippen LogP contribution < -0.4 is 5.32 Å². The minimum Gasteiger partial charge on any atom is -0.461 e. The van der Waals surface area contributed by atoms with E-state index in [4.69, 9.17) is 9.47 Å². The van der Waals surface area contributed by atoms with E-state index in [0.29, 0.717) is 6.61 Å². The van der Waals surface area contributed by atoms with Crippen LogP contribution in [-0.2, 0) is 25.7 Å². The third-order valence-electron chi connectivity index (χ3n) is 3.75. The van der Waals surface area contributed by atoms with E-state index in [2.05, 4.69) is 25.0 Å². The van der Waals surface area contributed by atoms with Crippen LogP contribution in [0.3, 0.4) is 0 Å². The molecule has 0 fully saturated rings. The standard InChI is InChI=1S/C19H29NO5Si/c1-15(21)17(20-19(23)24-12-13-26(2,3)4)10-11-18(22)25-14-16-8-6-5-7-9-16/h5-9,17H,10-14H2,1-4H3,(H,20,23)/t17-/m0/s1. The Bertz CT molecular complexity index is 598. The lowest BCUT2D eigenvalue weighted by molar-refractivity contribution is -0.145. The smallest absolute Gasteiger partial charge is 0.407 e. The lowest BCUT2D eigenvalue weighted by atomic mass is 10.1. The number of hydrogen-bond acceptors (Lipinski definition) is 5. The van der Waals surface area contributed by atoms with Crippen molar-refractivity contribution in [2.75, 3.05) is 6.61 Å². The Labute approximate surface area is 156 Å². The van der Waals surface area contributed by atoms with Crippen molar-refractivity contribution in [3.8, 4) is 0 Å². The van der Waals surface area contributed by atoms with E-state index in [0.717, 1.165) is 11.6 Å². The van der Waals surface area contributed by atoms with Crippen LogP contribution in [0.4, 0.5) is 4.79 Å². The Morgan fingerprint density at radius 3 is 2.31 bits per heavy atom. The molecule has 0 aromatic heterocycles. The van der Waals surface area contributed by atoms with Gasteiger partial charge in [-0.25, -0.2) is 4.79 Å². The molecule has 1 rings (SSSR count). The molecule has 0 unspecified atom stereocenters. The van der Waals surface area contributed by atoms with Crippen LogP contribution in [0, 0.1) is 0 Å². The summed E-state index contributed by atoms with van der Waals surface area (Å²) in [6.07, 6.45) is -0.390. The van der Waals surface area contributed by atoms with Crippen molar-refractivity contribution in [2.45, 2.75) is 58.1 Å². The number of amides is 1. The first-order valence-corrected chi connectivity index (χ1v) is 12.5. The molecule has 0 bridgehead atoms. The lowest BCUT2D eigenvalue weighted by Crippen LogP contribution is -2.40. The fraction of sp³-hybridized carbons (Fsp3) is 0.526. The second kappa shape index (κ2) is 10.8. The van der Waals surface area contributed by atoms with Crippen LogP contribution >= 0.6 is 0 Å². The average Bonchev–Trinajstić information content (AvgIpc) is 2.56. The molecule has 0 aliphatic rings. The van der Waals surface area contributed by atoms with Gasteiger partial charge in [0.1, 0.15) is 6.61 Å². The predicted octanol–water partition coefficient (Wildman–Crippen LogP) is 3.53. The van der Waals surface area contributed by atoms with E-state index in [1.807, 2.05) is 30.3 Å². The number of ether oxygens (including phenoxy) is 2. The highest BCUT2D eigenvalue weighted by Gasteiger charge is 2.20. The Morgan fingerprint density at radius 2 is 1.73 bits per heavy atom. The molecular formula is C19H29NO5Si. The number of carbonyl (C=O) groups is 3. The zero-order valence-electron chi connectivity index (χ0n) is 16.0. The monoisotopic (exact) mass is 379 g/mol. The van der Waals surface area contributed by atoms with E-state index in [1.165, 1.54) is 6.92 Å². The van der Waals surface area contributed by atoms with Gasteiger partial charge in [-0.1, -0.05) is 50.0 Å². The van der Waals surface area contributed by atoms with Crippen molar-refractivity contribution in [3.05, 3.63) is 35.9 Å². The van der Waals surface area contributed by atoms with E-state index in [-0.39, 0.29) is 25.2 Å². The maximum absolute atomic E-state index is 11.8. The highest BCUT2D eigenvalue weighted by atomic mass is 28.3. The fourth-order valence-electron chi connectivity index (χ4n) is 2.08. The van der Waals surface area contributed by atoms with Gasteiger partial charge >= 0.3 is 12.1 Å². The number of Topliss-reactive ketones (excluding diaryl/α,β-unsaturated/α-hetero) is 1. The molecular weight excluding hydrogens is 350 g/mol. The van der Waals surface area contributed by atoms with Crippen molar-refractivity contribution < 1.29 is 23.9 Å². The zero-order chi connectivity index (χ0) is 19.6. The maximum atomic E-state index is 11.8. The molecule has 0 spiro atoms. The molecule has 0 radical (unpaired) electrons. The van der Waals surface area contributed by atoms with Gasteiger partial charge in [0.15, 0.2) is 5.78 Å². The van der Waals surface area contributed by atoms with Gasteiger partial charge in [0.2, 0.25) is 0 Å². The third kappa shape index (κ3) is 9.98. The maximum Gasteiger partial charge on any atom is 0.407 e. The third-order valence-corrected chi connectivity index (χ3v) is 5.45. The normalized spacial score (nSPS) is 12.2. The molecule has 7 heteroatoms. The number of alkyl carbamates (subject to hydrolysis) is 1. The molecule has 0 heterocycles. The van der Waals surface area contributed by atoms with Crippen LogP contribution in [0.2, 0.25) is 25.7 Å².